The van der Waals surface area contributed by atoms with Crippen LogP contribution in [0.1, 0.15) is 10.4 Å². The zero-order valence-corrected chi connectivity index (χ0v) is 14.9. The molecule has 0 saturated heterocycles. The van der Waals surface area contributed by atoms with Gasteiger partial charge >= 0.3 is 5.97 Å². The number of anilines is 1. The number of carbonyl (C=O) groups is 1. The molecule has 0 aliphatic rings. The number of phenolic OH excluding ortho intramolecular Hbond substituents is 1. The number of nitrogens with one attached hydrogen (secondary N) is 1. The fraction of sp³-hybridized carbons (Fsp3) is 0. The van der Waals surface area contributed by atoms with Gasteiger partial charge in [-0.3, -0.25) is 4.72 Å². The molecule has 0 unspecified atom stereocenters. The highest BCUT2D eigenvalue weighted by molar-refractivity contribution is 7.92. The van der Waals surface area contributed by atoms with Crippen LogP contribution in [0.2, 0.25) is 0 Å². The first-order chi connectivity index (χ1) is 13.2. The van der Waals surface area contributed by atoms with E-state index in [1.54, 1.807) is 6.07 Å². The van der Waals surface area contributed by atoms with Crippen LogP contribution in [0.5, 0.6) is 11.5 Å². The number of rotatable bonds is 5. The molecule has 0 saturated carbocycles. The van der Waals surface area contributed by atoms with E-state index in [1.807, 2.05) is 0 Å². The number of carboxylic acid groups (broad SMARTS) is 1. The first kappa shape index (κ1) is 19.2. The van der Waals surface area contributed by atoms with Crippen LogP contribution in [-0.2, 0) is 10.0 Å². The molecule has 3 rings (SSSR count). The summed E-state index contributed by atoms with van der Waals surface area (Å²) in [6.45, 7) is 0. The van der Waals surface area contributed by atoms with Gasteiger partial charge in [0, 0.05) is 6.07 Å². The molecule has 3 aromatic carbocycles. The van der Waals surface area contributed by atoms with Gasteiger partial charge in [0.1, 0.15) is 27.8 Å². The summed E-state index contributed by atoms with van der Waals surface area (Å²) >= 11 is 0. The van der Waals surface area contributed by atoms with Crippen molar-refractivity contribution in [3.63, 3.8) is 0 Å². The largest absolute Gasteiger partial charge is 0.507 e. The summed E-state index contributed by atoms with van der Waals surface area (Å²) in [5, 5.41) is 28.6. The van der Waals surface area contributed by atoms with Crippen LogP contribution in [0.3, 0.4) is 0 Å². The summed E-state index contributed by atoms with van der Waals surface area (Å²) in [5.74, 6) is -3.01. The molecule has 0 aliphatic heterocycles. The summed E-state index contributed by atoms with van der Waals surface area (Å²) in [7, 11) is -4.29. The van der Waals surface area contributed by atoms with Gasteiger partial charge in [-0.05, 0) is 47.5 Å². The quantitative estimate of drug-likeness (QED) is 0.518. The predicted octanol–water partition coefficient (Wildman–Crippen LogP) is 3.40. The van der Waals surface area contributed by atoms with Crippen molar-refractivity contribution in [3.8, 4) is 22.6 Å². The van der Waals surface area contributed by atoms with Crippen LogP contribution in [-0.4, -0.2) is 29.7 Å². The highest BCUT2D eigenvalue weighted by atomic mass is 32.2. The Morgan fingerprint density at radius 1 is 0.893 bits per heavy atom. The van der Waals surface area contributed by atoms with Crippen molar-refractivity contribution in [3.05, 3.63) is 72.0 Å². The van der Waals surface area contributed by atoms with E-state index in [-0.39, 0.29) is 11.3 Å². The number of benzene rings is 3. The van der Waals surface area contributed by atoms with Gasteiger partial charge in [-0.2, -0.15) is 0 Å². The average molecular weight is 403 g/mol. The standard InChI is InChI=1S/C19H14FNO6S/c20-13-3-1-2-11(8-13)12-4-7-16(22)18(9-12)28(26,27)21-14-5-6-15(19(24)25)17(23)10-14/h1-10,21-23H,(H,24,25). The highest BCUT2D eigenvalue weighted by Crippen LogP contribution is 2.31. The first-order valence-corrected chi connectivity index (χ1v) is 9.34. The Balaban J connectivity index is 1.99. The molecule has 0 aromatic heterocycles. The van der Waals surface area contributed by atoms with Gasteiger partial charge in [-0.1, -0.05) is 18.2 Å². The maximum atomic E-state index is 13.4. The Labute approximate surface area is 159 Å². The van der Waals surface area contributed by atoms with Crippen molar-refractivity contribution in [1.29, 1.82) is 0 Å². The molecule has 0 radical (unpaired) electrons. The van der Waals surface area contributed by atoms with Crippen LogP contribution in [0, 0.1) is 5.82 Å². The zero-order valence-electron chi connectivity index (χ0n) is 14.1. The van der Waals surface area contributed by atoms with Crippen LogP contribution in [0.25, 0.3) is 11.1 Å². The number of aromatic hydroxyl groups is 2. The van der Waals surface area contributed by atoms with Crippen LogP contribution in [0.4, 0.5) is 10.1 Å². The number of phenols is 2. The third-order valence-electron chi connectivity index (χ3n) is 3.89. The Morgan fingerprint density at radius 2 is 1.61 bits per heavy atom. The minimum absolute atomic E-state index is 0.0990. The van der Waals surface area contributed by atoms with Crippen molar-refractivity contribution >= 4 is 21.7 Å². The Bertz CT molecular complexity index is 1180. The maximum absolute atomic E-state index is 13.4. The lowest BCUT2D eigenvalue weighted by molar-refractivity contribution is 0.0693. The SMILES string of the molecule is O=C(O)c1ccc(NS(=O)(=O)c2cc(-c3cccc(F)c3)ccc2O)cc1O. The molecule has 7 nitrogen and oxygen atoms in total. The molecule has 4 N–H and O–H groups in total. The molecule has 0 atom stereocenters. The third-order valence-corrected chi connectivity index (χ3v) is 5.30. The Hall–Kier alpha value is -3.59. The van der Waals surface area contributed by atoms with Gasteiger partial charge < -0.3 is 15.3 Å². The molecular formula is C19H14FNO6S. The average Bonchev–Trinajstić information content (AvgIpc) is 2.61. The monoisotopic (exact) mass is 403 g/mol. The molecule has 28 heavy (non-hydrogen) atoms. The normalized spacial score (nSPS) is 11.2. The fourth-order valence-electron chi connectivity index (χ4n) is 2.56. The van der Waals surface area contributed by atoms with Gasteiger partial charge in [0.15, 0.2) is 0 Å². The number of hydrogen-bond acceptors (Lipinski definition) is 5. The highest BCUT2D eigenvalue weighted by Gasteiger charge is 2.21. The van der Waals surface area contributed by atoms with E-state index in [1.165, 1.54) is 36.4 Å². The fourth-order valence-corrected chi connectivity index (χ4v) is 3.74. The number of hydrogen-bond donors (Lipinski definition) is 4. The molecule has 0 fully saturated rings. The lowest BCUT2D eigenvalue weighted by Gasteiger charge is -2.12. The molecule has 3 aromatic rings. The Kier molecular flexibility index (Phi) is 4.93. The van der Waals surface area contributed by atoms with E-state index in [9.17, 15) is 27.8 Å². The molecule has 0 bridgehead atoms. The summed E-state index contributed by atoms with van der Waals surface area (Å²) in [4.78, 5) is 10.5. The van der Waals surface area contributed by atoms with Crippen molar-refractivity contribution in [2.75, 3.05) is 4.72 Å². The van der Waals surface area contributed by atoms with Crippen molar-refractivity contribution in [2.24, 2.45) is 0 Å². The van der Waals surface area contributed by atoms with E-state index in [4.69, 9.17) is 5.11 Å². The van der Waals surface area contributed by atoms with E-state index in [0.29, 0.717) is 11.1 Å². The lowest BCUT2D eigenvalue weighted by Crippen LogP contribution is -2.13. The molecule has 0 aliphatic carbocycles. The molecule has 0 heterocycles. The van der Waals surface area contributed by atoms with Crippen LogP contribution < -0.4 is 4.72 Å². The zero-order chi connectivity index (χ0) is 20.5. The van der Waals surface area contributed by atoms with Gasteiger partial charge in [-0.25, -0.2) is 17.6 Å². The minimum atomic E-state index is -4.29. The summed E-state index contributed by atoms with van der Waals surface area (Å²) in [5.41, 5.74) is 0.290. The van der Waals surface area contributed by atoms with Gasteiger partial charge in [-0.15, -0.1) is 0 Å². The predicted molar refractivity (Wildman–Crippen MR) is 99.4 cm³/mol. The van der Waals surface area contributed by atoms with E-state index in [0.717, 1.165) is 18.2 Å². The summed E-state index contributed by atoms with van der Waals surface area (Å²) < 4.78 is 40.9. The number of sulfonamides is 1. The van der Waals surface area contributed by atoms with Crippen molar-refractivity contribution in [1.82, 2.24) is 0 Å². The van der Waals surface area contributed by atoms with Crippen LogP contribution >= 0.6 is 0 Å². The van der Waals surface area contributed by atoms with Gasteiger partial charge in [0.25, 0.3) is 10.0 Å². The van der Waals surface area contributed by atoms with E-state index in [2.05, 4.69) is 4.72 Å². The third kappa shape index (κ3) is 3.89. The second kappa shape index (κ2) is 7.20. The number of aromatic carboxylic acids is 1. The smallest absolute Gasteiger partial charge is 0.339 e. The molecule has 0 spiro atoms. The number of halogens is 1. The lowest BCUT2D eigenvalue weighted by atomic mass is 10.1. The van der Waals surface area contributed by atoms with Crippen molar-refractivity contribution in [2.45, 2.75) is 4.90 Å². The second-order valence-electron chi connectivity index (χ2n) is 5.84. The van der Waals surface area contributed by atoms with Gasteiger partial charge in [0.2, 0.25) is 0 Å². The van der Waals surface area contributed by atoms with Crippen molar-refractivity contribution < 1.29 is 32.9 Å². The molecule has 9 heteroatoms. The number of carboxylic acids is 1. The second-order valence-corrected chi connectivity index (χ2v) is 7.49. The van der Waals surface area contributed by atoms with Crippen LogP contribution in [0.15, 0.2) is 65.6 Å². The van der Waals surface area contributed by atoms with E-state index < -0.39 is 38.2 Å². The molecule has 0 amide bonds. The summed E-state index contributed by atoms with van der Waals surface area (Å²) in [6, 6.07) is 12.4. The van der Waals surface area contributed by atoms with E-state index >= 15 is 0 Å². The summed E-state index contributed by atoms with van der Waals surface area (Å²) in [6.07, 6.45) is 0. The Morgan fingerprint density at radius 3 is 2.25 bits per heavy atom. The minimum Gasteiger partial charge on any atom is -0.507 e. The molecular weight excluding hydrogens is 389 g/mol. The first-order valence-electron chi connectivity index (χ1n) is 7.85. The topological polar surface area (TPSA) is 124 Å². The maximum Gasteiger partial charge on any atom is 0.339 e. The molecule has 144 valence electrons. The van der Waals surface area contributed by atoms with Gasteiger partial charge in [0.05, 0.1) is 5.69 Å².